The molecule has 0 aliphatic rings. The number of carbonyl (C=O) groups excluding carboxylic acids is 1. The lowest BCUT2D eigenvalue weighted by Crippen LogP contribution is -2.31. The van der Waals surface area contributed by atoms with Crippen molar-refractivity contribution in [1.29, 1.82) is 0 Å². The summed E-state index contributed by atoms with van der Waals surface area (Å²) in [5.74, 6) is -0.447. The average Bonchev–Trinajstić information content (AvgIpc) is 2.59. The highest BCUT2D eigenvalue weighted by atomic mass is 35.5. The van der Waals surface area contributed by atoms with Crippen LogP contribution in [0.1, 0.15) is 29.8 Å². The van der Waals surface area contributed by atoms with Gasteiger partial charge >= 0.3 is 0 Å². The van der Waals surface area contributed by atoms with Crippen molar-refractivity contribution in [1.82, 2.24) is 4.31 Å². The second-order valence-electron chi connectivity index (χ2n) is 5.65. The maximum Gasteiger partial charge on any atom is 0.255 e. The third-order valence-corrected chi connectivity index (χ3v) is 6.88. The van der Waals surface area contributed by atoms with Crippen LogP contribution in [0.5, 0.6) is 0 Å². The Balaban J connectivity index is 2.36. The molecule has 0 heterocycles. The fourth-order valence-electron chi connectivity index (χ4n) is 2.42. The molecule has 5 nitrogen and oxygen atoms in total. The zero-order valence-electron chi connectivity index (χ0n) is 14.7. The third kappa shape index (κ3) is 4.38. The fraction of sp³-hybridized carbons (Fsp3) is 0.278. The smallest absolute Gasteiger partial charge is 0.255 e. The molecule has 0 fully saturated rings. The van der Waals surface area contributed by atoms with E-state index >= 15 is 0 Å². The molecule has 1 amide bonds. The van der Waals surface area contributed by atoms with E-state index in [2.05, 4.69) is 5.32 Å². The number of amides is 1. The summed E-state index contributed by atoms with van der Waals surface area (Å²) in [5, 5.41) is 3.31. The van der Waals surface area contributed by atoms with E-state index in [4.69, 9.17) is 23.2 Å². The zero-order chi connectivity index (χ0) is 19.5. The van der Waals surface area contributed by atoms with Gasteiger partial charge in [0.1, 0.15) is 4.90 Å². The topological polar surface area (TPSA) is 66.5 Å². The highest BCUT2D eigenvalue weighted by molar-refractivity contribution is 7.89. The molecule has 0 aliphatic heterocycles. The van der Waals surface area contributed by atoms with Crippen LogP contribution >= 0.6 is 23.2 Å². The van der Waals surface area contributed by atoms with E-state index in [1.54, 1.807) is 32.0 Å². The lowest BCUT2D eigenvalue weighted by Gasteiger charge is -2.19. The molecule has 0 aromatic heterocycles. The number of hydrogen-bond acceptors (Lipinski definition) is 3. The lowest BCUT2D eigenvalue weighted by molar-refractivity contribution is 0.102. The maximum absolute atomic E-state index is 12.7. The minimum atomic E-state index is -3.77. The number of carbonyl (C=O) groups is 1. The van der Waals surface area contributed by atoms with Crippen molar-refractivity contribution in [3.05, 3.63) is 57.6 Å². The number of nitrogens with one attached hydrogen (secondary N) is 1. The van der Waals surface area contributed by atoms with E-state index in [-0.39, 0.29) is 15.5 Å². The highest BCUT2D eigenvalue weighted by Crippen LogP contribution is 2.27. The normalized spacial score (nSPS) is 11.6. The van der Waals surface area contributed by atoms with Gasteiger partial charge in [0.25, 0.3) is 5.91 Å². The molecule has 8 heteroatoms. The first-order valence-electron chi connectivity index (χ1n) is 8.07. The lowest BCUT2D eigenvalue weighted by atomic mass is 10.2. The van der Waals surface area contributed by atoms with Crippen LogP contribution in [-0.4, -0.2) is 31.7 Å². The number of aryl methyl sites for hydroxylation is 1. The van der Waals surface area contributed by atoms with Gasteiger partial charge in [-0.1, -0.05) is 43.1 Å². The van der Waals surface area contributed by atoms with Crippen LogP contribution in [0.3, 0.4) is 0 Å². The molecule has 0 aliphatic carbocycles. The molecular weight excluding hydrogens is 395 g/mol. The summed E-state index contributed by atoms with van der Waals surface area (Å²) in [4.78, 5) is 12.4. The molecule has 0 unspecified atom stereocenters. The van der Waals surface area contributed by atoms with Gasteiger partial charge in [-0.3, -0.25) is 4.79 Å². The van der Waals surface area contributed by atoms with Gasteiger partial charge in [-0.05, 0) is 42.8 Å². The minimum Gasteiger partial charge on any atom is -0.322 e. The van der Waals surface area contributed by atoms with Crippen molar-refractivity contribution >= 4 is 44.8 Å². The summed E-state index contributed by atoms with van der Waals surface area (Å²) < 4.78 is 26.7. The Bertz CT molecular complexity index is 926. The molecule has 26 heavy (non-hydrogen) atoms. The molecule has 0 atom stereocenters. The Labute approximate surface area is 164 Å². The van der Waals surface area contributed by atoms with Gasteiger partial charge < -0.3 is 5.32 Å². The first kappa shape index (κ1) is 20.7. The highest BCUT2D eigenvalue weighted by Gasteiger charge is 2.25. The van der Waals surface area contributed by atoms with E-state index in [1.807, 2.05) is 6.92 Å². The SMILES string of the molecule is CCN(CC)S(=O)(=O)c1cc(C(=O)Nc2ccc(C)c(Cl)c2)ccc1Cl. The molecule has 0 bridgehead atoms. The van der Waals surface area contributed by atoms with Crippen LogP contribution in [0.2, 0.25) is 10.0 Å². The fourth-order valence-corrected chi connectivity index (χ4v) is 4.56. The first-order chi connectivity index (χ1) is 12.2. The van der Waals surface area contributed by atoms with Crippen LogP contribution in [0.15, 0.2) is 41.3 Å². The van der Waals surface area contributed by atoms with Crippen LogP contribution in [-0.2, 0) is 10.0 Å². The van der Waals surface area contributed by atoms with Crippen molar-refractivity contribution in [2.24, 2.45) is 0 Å². The molecule has 0 spiro atoms. The van der Waals surface area contributed by atoms with Crippen LogP contribution in [0, 0.1) is 6.92 Å². The monoisotopic (exact) mass is 414 g/mol. The predicted octanol–water partition coefficient (Wildman–Crippen LogP) is 4.58. The molecule has 2 aromatic carbocycles. The standard InChI is InChI=1S/C18H20Cl2N2O3S/c1-4-22(5-2)26(24,25)17-10-13(7-9-15(17)19)18(23)21-14-8-6-12(3)16(20)11-14/h6-11H,4-5H2,1-3H3,(H,21,23). The van der Waals surface area contributed by atoms with E-state index in [0.717, 1.165) is 5.56 Å². The van der Waals surface area contributed by atoms with Gasteiger partial charge in [0.15, 0.2) is 0 Å². The summed E-state index contributed by atoms with van der Waals surface area (Å²) >= 11 is 12.1. The molecule has 0 radical (unpaired) electrons. The predicted molar refractivity (Wildman–Crippen MR) is 106 cm³/mol. The van der Waals surface area contributed by atoms with Crippen molar-refractivity contribution < 1.29 is 13.2 Å². The molecule has 0 saturated carbocycles. The number of rotatable bonds is 6. The summed E-state index contributed by atoms with van der Waals surface area (Å²) in [7, 11) is -3.77. The van der Waals surface area contributed by atoms with Crippen LogP contribution < -0.4 is 5.32 Å². The Morgan fingerprint density at radius 3 is 2.27 bits per heavy atom. The molecule has 2 rings (SSSR count). The number of halogens is 2. The van der Waals surface area contributed by atoms with Crippen molar-refractivity contribution in [2.75, 3.05) is 18.4 Å². The van der Waals surface area contributed by atoms with E-state index in [0.29, 0.717) is 23.8 Å². The van der Waals surface area contributed by atoms with Crippen molar-refractivity contribution in [3.63, 3.8) is 0 Å². The maximum atomic E-state index is 12.7. The Morgan fingerprint density at radius 1 is 1.04 bits per heavy atom. The van der Waals surface area contributed by atoms with E-state index in [1.165, 1.54) is 22.5 Å². The van der Waals surface area contributed by atoms with Gasteiger partial charge in [0, 0.05) is 29.4 Å². The molecule has 2 aromatic rings. The summed E-state index contributed by atoms with van der Waals surface area (Å²) in [6.07, 6.45) is 0. The second-order valence-corrected chi connectivity index (χ2v) is 8.37. The van der Waals surface area contributed by atoms with E-state index < -0.39 is 15.9 Å². The Morgan fingerprint density at radius 2 is 1.69 bits per heavy atom. The number of benzene rings is 2. The Kier molecular flexibility index (Phi) is 6.69. The van der Waals surface area contributed by atoms with Crippen molar-refractivity contribution in [2.45, 2.75) is 25.7 Å². The molecule has 1 N–H and O–H groups in total. The van der Waals surface area contributed by atoms with Crippen molar-refractivity contribution in [3.8, 4) is 0 Å². The molecular formula is C18H20Cl2N2O3S. The summed E-state index contributed by atoms with van der Waals surface area (Å²) in [6, 6.07) is 9.34. The number of hydrogen-bond donors (Lipinski definition) is 1. The summed E-state index contributed by atoms with van der Waals surface area (Å²) in [5.41, 5.74) is 1.61. The Hall–Kier alpha value is -1.60. The first-order valence-corrected chi connectivity index (χ1v) is 10.3. The molecule has 140 valence electrons. The van der Waals surface area contributed by atoms with Gasteiger partial charge in [-0.15, -0.1) is 0 Å². The molecule has 0 saturated heterocycles. The number of nitrogens with zero attached hydrogens (tertiary/aromatic N) is 1. The largest absolute Gasteiger partial charge is 0.322 e. The third-order valence-electron chi connectivity index (χ3n) is 3.95. The van der Waals surface area contributed by atoms with Gasteiger partial charge in [-0.25, -0.2) is 8.42 Å². The second kappa shape index (κ2) is 8.39. The van der Waals surface area contributed by atoms with E-state index in [9.17, 15) is 13.2 Å². The average molecular weight is 415 g/mol. The van der Waals surface area contributed by atoms with Gasteiger partial charge in [-0.2, -0.15) is 4.31 Å². The number of anilines is 1. The summed E-state index contributed by atoms with van der Waals surface area (Å²) in [6.45, 7) is 5.97. The van der Waals surface area contributed by atoms with Gasteiger partial charge in [0.2, 0.25) is 10.0 Å². The quantitative estimate of drug-likeness (QED) is 0.751. The van der Waals surface area contributed by atoms with Gasteiger partial charge in [0.05, 0.1) is 5.02 Å². The van der Waals surface area contributed by atoms with Crippen LogP contribution in [0.25, 0.3) is 0 Å². The van der Waals surface area contributed by atoms with Crippen LogP contribution in [0.4, 0.5) is 5.69 Å². The number of sulfonamides is 1. The zero-order valence-corrected chi connectivity index (χ0v) is 17.0. The minimum absolute atomic E-state index is 0.0758.